The van der Waals surface area contributed by atoms with Crippen molar-refractivity contribution in [2.45, 2.75) is 19.7 Å². The van der Waals surface area contributed by atoms with Gasteiger partial charge in [0.05, 0.1) is 21.7 Å². The fourth-order valence-electron chi connectivity index (χ4n) is 3.36. The van der Waals surface area contributed by atoms with Crippen LogP contribution in [0.2, 0.25) is 0 Å². The van der Waals surface area contributed by atoms with Crippen molar-refractivity contribution in [2.24, 2.45) is 0 Å². The number of halogens is 3. The fraction of sp³-hybridized carbons (Fsp3) is 0.130. The number of carbonyl (C=O) groups is 1. The molecule has 4 aromatic rings. The molecule has 0 saturated heterocycles. The molecule has 12 heteroatoms. The van der Waals surface area contributed by atoms with Gasteiger partial charge in [-0.1, -0.05) is 18.2 Å². The summed E-state index contributed by atoms with van der Waals surface area (Å²) in [6, 6.07) is 12.1. The van der Waals surface area contributed by atoms with Gasteiger partial charge in [-0.3, -0.25) is 25.8 Å². The van der Waals surface area contributed by atoms with Gasteiger partial charge in [0, 0.05) is 18.5 Å². The van der Waals surface area contributed by atoms with Crippen LogP contribution in [0.15, 0.2) is 67.0 Å². The number of anilines is 1. The number of nitro benzene ring substituents is 1. The Morgan fingerprint density at radius 3 is 2.66 bits per heavy atom. The van der Waals surface area contributed by atoms with Gasteiger partial charge in [-0.2, -0.15) is 13.2 Å². The van der Waals surface area contributed by atoms with E-state index in [1.807, 2.05) is 29.7 Å². The first kappa shape index (κ1) is 23.5. The number of hydrazine groups is 1. The Kier molecular flexibility index (Phi) is 6.28. The lowest BCUT2D eigenvalue weighted by Gasteiger charge is -2.13. The fourth-order valence-corrected chi connectivity index (χ4v) is 3.36. The molecule has 0 unspecified atom stereocenters. The Labute approximate surface area is 196 Å². The lowest BCUT2D eigenvalue weighted by molar-refractivity contribution is -0.384. The third-order valence-electron chi connectivity index (χ3n) is 5.07. The number of aryl methyl sites for hydroxylation is 1. The lowest BCUT2D eigenvalue weighted by Crippen LogP contribution is -2.30. The summed E-state index contributed by atoms with van der Waals surface area (Å²) in [5.74, 6) is -0.483. The third kappa shape index (κ3) is 5.16. The van der Waals surface area contributed by atoms with Gasteiger partial charge < -0.3 is 9.14 Å². The second-order valence-corrected chi connectivity index (χ2v) is 7.51. The number of aromatic nitrogens is 2. The smallest absolute Gasteiger partial charge is 0.416 e. The van der Waals surface area contributed by atoms with E-state index in [9.17, 15) is 28.1 Å². The zero-order chi connectivity index (χ0) is 25.2. The standard InChI is InChI=1S/C23H18F3N5O4/c1-14-5-4-10-30-12-16(27-21(14)30)13-35-20-7-3-2-6-17(20)22(32)29-28-18-9-8-15(23(24,25)26)11-19(18)31(33)34/h2-12,28H,13H2,1H3,(H,29,32). The largest absolute Gasteiger partial charge is 0.486 e. The Morgan fingerprint density at radius 1 is 1.17 bits per heavy atom. The number of benzene rings is 2. The van der Waals surface area contributed by atoms with Gasteiger partial charge in [0.15, 0.2) is 0 Å². The molecule has 180 valence electrons. The van der Waals surface area contributed by atoms with Crippen molar-refractivity contribution in [3.8, 4) is 5.75 Å². The number of para-hydroxylation sites is 1. The van der Waals surface area contributed by atoms with E-state index < -0.39 is 28.3 Å². The number of nitrogens with zero attached hydrogens (tertiary/aromatic N) is 3. The minimum absolute atomic E-state index is 0.0726. The van der Waals surface area contributed by atoms with Gasteiger partial charge in [-0.05, 0) is 42.8 Å². The quantitative estimate of drug-likeness (QED) is 0.284. The highest BCUT2D eigenvalue weighted by molar-refractivity contribution is 5.97. The molecule has 2 aromatic heterocycles. The van der Waals surface area contributed by atoms with Crippen molar-refractivity contribution in [2.75, 3.05) is 5.43 Å². The summed E-state index contributed by atoms with van der Waals surface area (Å²) < 4.78 is 46.3. The van der Waals surface area contributed by atoms with Crippen LogP contribution in [-0.4, -0.2) is 20.2 Å². The first-order valence-corrected chi connectivity index (χ1v) is 10.2. The summed E-state index contributed by atoms with van der Waals surface area (Å²) in [6.45, 7) is 2.00. The molecule has 2 N–H and O–H groups in total. The van der Waals surface area contributed by atoms with Crippen LogP contribution in [0.1, 0.15) is 27.2 Å². The molecule has 0 spiro atoms. The Balaban J connectivity index is 1.48. The number of imidazole rings is 1. The predicted octanol–water partition coefficient (Wildman–Crippen LogP) is 4.91. The number of pyridine rings is 1. The number of nitrogens with one attached hydrogen (secondary N) is 2. The molecule has 0 aliphatic heterocycles. The Bertz CT molecular complexity index is 1420. The number of rotatable bonds is 7. The van der Waals surface area contributed by atoms with E-state index in [-0.39, 0.29) is 23.6 Å². The van der Waals surface area contributed by atoms with Crippen molar-refractivity contribution in [3.63, 3.8) is 0 Å². The van der Waals surface area contributed by atoms with Crippen molar-refractivity contribution in [1.29, 1.82) is 0 Å². The van der Waals surface area contributed by atoms with E-state index in [1.165, 1.54) is 6.07 Å². The Morgan fingerprint density at radius 2 is 1.94 bits per heavy atom. The highest BCUT2D eigenvalue weighted by Gasteiger charge is 2.33. The maximum Gasteiger partial charge on any atom is 0.416 e. The van der Waals surface area contributed by atoms with Gasteiger partial charge in [0.2, 0.25) is 0 Å². The molecule has 0 bridgehead atoms. The first-order valence-electron chi connectivity index (χ1n) is 10.2. The lowest BCUT2D eigenvalue weighted by atomic mass is 10.1. The highest BCUT2D eigenvalue weighted by atomic mass is 19.4. The molecule has 0 aliphatic carbocycles. The minimum atomic E-state index is -4.75. The van der Waals surface area contributed by atoms with Crippen LogP contribution >= 0.6 is 0 Å². The van der Waals surface area contributed by atoms with E-state index >= 15 is 0 Å². The number of fused-ring (bicyclic) bond motifs is 1. The van der Waals surface area contributed by atoms with E-state index in [2.05, 4.69) is 15.8 Å². The number of amides is 1. The average Bonchev–Trinajstić information content (AvgIpc) is 3.25. The molecule has 4 rings (SSSR count). The molecule has 9 nitrogen and oxygen atoms in total. The molecule has 2 heterocycles. The molecule has 0 saturated carbocycles. The van der Waals surface area contributed by atoms with Crippen molar-refractivity contribution in [1.82, 2.24) is 14.8 Å². The number of hydrogen-bond acceptors (Lipinski definition) is 6. The van der Waals surface area contributed by atoms with Crippen LogP contribution in [0.5, 0.6) is 5.75 Å². The molecule has 0 atom stereocenters. The number of alkyl halides is 3. The van der Waals surface area contributed by atoms with Crippen LogP contribution in [0.4, 0.5) is 24.5 Å². The molecular weight excluding hydrogens is 467 g/mol. The second kappa shape index (κ2) is 9.33. The normalized spacial score (nSPS) is 11.3. The van der Waals surface area contributed by atoms with Gasteiger partial charge in [0.25, 0.3) is 11.6 Å². The summed E-state index contributed by atoms with van der Waals surface area (Å²) >= 11 is 0. The molecule has 35 heavy (non-hydrogen) atoms. The summed E-state index contributed by atoms with van der Waals surface area (Å²) in [5.41, 5.74) is 4.75. The number of carbonyl (C=O) groups excluding carboxylic acids is 1. The second-order valence-electron chi connectivity index (χ2n) is 7.51. The number of hydrogen-bond donors (Lipinski definition) is 2. The van der Waals surface area contributed by atoms with Crippen LogP contribution < -0.4 is 15.6 Å². The van der Waals surface area contributed by atoms with Crippen molar-refractivity contribution < 1.29 is 27.6 Å². The summed E-state index contributed by atoms with van der Waals surface area (Å²) in [6.07, 6.45) is -1.09. The van der Waals surface area contributed by atoms with Crippen LogP contribution in [-0.2, 0) is 12.8 Å². The average molecular weight is 485 g/mol. The van der Waals surface area contributed by atoms with Gasteiger partial charge in [-0.25, -0.2) is 4.98 Å². The first-order chi connectivity index (χ1) is 16.6. The maximum atomic E-state index is 12.9. The zero-order valence-electron chi connectivity index (χ0n) is 18.2. The van der Waals surface area contributed by atoms with E-state index in [0.717, 1.165) is 17.3 Å². The minimum Gasteiger partial charge on any atom is -0.486 e. The van der Waals surface area contributed by atoms with Gasteiger partial charge in [0.1, 0.15) is 23.7 Å². The highest BCUT2D eigenvalue weighted by Crippen LogP contribution is 2.34. The van der Waals surface area contributed by atoms with Gasteiger partial charge in [-0.15, -0.1) is 0 Å². The molecule has 1 amide bonds. The topological polar surface area (TPSA) is 111 Å². The molecule has 2 aromatic carbocycles. The monoisotopic (exact) mass is 485 g/mol. The summed E-state index contributed by atoms with van der Waals surface area (Å²) in [7, 11) is 0. The SMILES string of the molecule is Cc1cccn2cc(COc3ccccc3C(=O)NNc3ccc(C(F)(F)F)cc3[N+](=O)[O-])nc12. The summed E-state index contributed by atoms with van der Waals surface area (Å²) in [4.78, 5) is 27.5. The predicted molar refractivity (Wildman–Crippen MR) is 120 cm³/mol. The van der Waals surface area contributed by atoms with Crippen molar-refractivity contribution in [3.05, 3.63) is 99.5 Å². The van der Waals surface area contributed by atoms with E-state index in [4.69, 9.17) is 4.74 Å². The molecule has 0 aliphatic rings. The summed E-state index contributed by atoms with van der Waals surface area (Å²) in [5, 5.41) is 11.2. The third-order valence-corrected chi connectivity index (χ3v) is 5.07. The van der Waals surface area contributed by atoms with E-state index in [1.54, 1.807) is 24.4 Å². The molecular formula is C23H18F3N5O4. The number of ether oxygens (including phenoxy) is 1. The van der Waals surface area contributed by atoms with Crippen LogP contribution in [0, 0.1) is 17.0 Å². The van der Waals surface area contributed by atoms with E-state index in [0.29, 0.717) is 17.8 Å². The van der Waals surface area contributed by atoms with Crippen molar-refractivity contribution >= 4 is 22.9 Å². The number of nitro groups is 1. The van der Waals surface area contributed by atoms with Crippen LogP contribution in [0.25, 0.3) is 5.65 Å². The zero-order valence-corrected chi connectivity index (χ0v) is 18.2. The molecule has 0 fully saturated rings. The van der Waals surface area contributed by atoms with Crippen LogP contribution in [0.3, 0.4) is 0 Å². The maximum absolute atomic E-state index is 12.9. The van der Waals surface area contributed by atoms with Gasteiger partial charge >= 0.3 is 6.18 Å². The molecule has 0 radical (unpaired) electrons. The Hall–Kier alpha value is -4.61.